The molecule has 0 saturated carbocycles. The summed E-state index contributed by atoms with van der Waals surface area (Å²) in [6, 6.07) is 0.294. The average molecular weight is 200 g/mol. The third kappa shape index (κ3) is 3.66. The van der Waals surface area contributed by atoms with Gasteiger partial charge in [0, 0.05) is 19.0 Å². The molecule has 0 aromatic rings. The summed E-state index contributed by atoms with van der Waals surface area (Å²) in [7, 11) is 1.88. The van der Waals surface area contributed by atoms with Crippen molar-refractivity contribution < 1.29 is 4.79 Å². The molecule has 0 fully saturated rings. The van der Waals surface area contributed by atoms with Crippen LogP contribution in [0, 0.1) is 11.8 Å². The fourth-order valence-corrected chi connectivity index (χ4v) is 1.37. The van der Waals surface area contributed by atoms with E-state index in [9.17, 15) is 4.79 Å². The van der Waals surface area contributed by atoms with Crippen LogP contribution in [0.25, 0.3) is 0 Å². The third-order valence-electron chi connectivity index (χ3n) is 2.94. The highest BCUT2D eigenvalue weighted by atomic mass is 16.2. The molecule has 2 unspecified atom stereocenters. The van der Waals surface area contributed by atoms with Gasteiger partial charge in [0.05, 0.1) is 0 Å². The topological polar surface area (TPSA) is 46.3 Å². The van der Waals surface area contributed by atoms with Gasteiger partial charge in [0.15, 0.2) is 0 Å². The Balaban J connectivity index is 4.23. The Morgan fingerprint density at radius 2 is 1.79 bits per heavy atom. The van der Waals surface area contributed by atoms with E-state index in [1.807, 2.05) is 18.9 Å². The Kier molecular flexibility index (Phi) is 5.77. The summed E-state index contributed by atoms with van der Waals surface area (Å²) in [5.74, 6) is 0.747. The number of hydrogen-bond donors (Lipinski definition) is 1. The van der Waals surface area contributed by atoms with Gasteiger partial charge < -0.3 is 10.6 Å². The van der Waals surface area contributed by atoms with Crippen LogP contribution >= 0.6 is 0 Å². The highest BCUT2D eigenvalue weighted by Gasteiger charge is 2.22. The monoisotopic (exact) mass is 200 g/mol. The molecule has 1 amide bonds. The second-order valence-electron chi connectivity index (χ2n) is 4.41. The zero-order valence-corrected chi connectivity index (χ0v) is 10.1. The number of carbonyl (C=O) groups is 1. The minimum absolute atomic E-state index is 0.0474. The fraction of sp³-hybridized carbons (Fsp3) is 0.909. The van der Waals surface area contributed by atoms with Crippen molar-refractivity contribution in [3.63, 3.8) is 0 Å². The lowest BCUT2D eigenvalue weighted by molar-refractivity contribution is -0.136. The Hall–Kier alpha value is -0.570. The van der Waals surface area contributed by atoms with E-state index < -0.39 is 0 Å². The normalized spacial score (nSPS) is 15.4. The number of nitrogens with two attached hydrogens (primary N) is 1. The first-order chi connectivity index (χ1) is 6.41. The second kappa shape index (κ2) is 6.02. The second-order valence-corrected chi connectivity index (χ2v) is 4.41. The molecular formula is C11H24N2O. The van der Waals surface area contributed by atoms with E-state index >= 15 is 0 Å². The molecule has 3 heteroatoms. The largest absolute Gasteiger partial charge is 0.343 e. The van der Waals surface area contributed by atoms with Crippen molar-refractivity contribution in [2.75, 3.05) is 13.6 Å². The molecule has 0 heterocycles. The standard InChI is InChI=1S/C11H24N2O/c1-8(2)10(4)13(5)11(14)9(3)6-7-12/h8-10H,6-7,12H2,1-5H3. The van der Waals surface area contributed by atoms with Crippen LogP contribution < -0.4 is 5.73 Å². The quantitative estimate of drug-likeness (QED) is 0.730. The number of rotatable bonds is 5. The molecule has 0 radical (unpaired) electrons. The zero-order valence-electron chi connectivity index (χ0n) is 10.1. The summed E-state index contributed by atoms with van der Waals surface area (Å²) in [5.41, 5.74) is 5.43. The molecule has 0 aliphatic heterocycles. The van der Waals surface area contributed by atoms with Gasteiger partial charge in [-0.1, -0.05) is 20.8 Å². The molecule has 14 heavy (non-hydrogen) atoms. The van der Waals surface area contributed by atoms with Crippen LogP contribution in [-0.4, -0.2) is 30.4 Å². The Morgan fingerprint density at radius 1 is 1.29 bits per heavy atom. The Morgan fingerprint density at radius 3 is 2.14 bits per heavy atom. The highest BCUT2D eigenvalue weighted by Crippen LogP contribution is 2.13. The molecule has 2 N–H and O–H groups in total. The summed E-state index contributed by atoms with van der Waals surface area (Å²) in [6.45, 7) is 8.86. The molecule has 0 aromatic carbocycles. The first kappa shape index (κ1) is 13.4. The molecule has 0 bridgehead atoms. The van der Waals surface area contributed by atoms with E-state index in [2.05, 4.69) is 20.8 Å². The van der Waals surface area contributed by atoms with Gasteiger partial charge in [-0.2, -0.15) is 0 Å². The first-order valence-corrected chi connectivity index (χ1v) is 5.38. The maximum absolute atomic E-state index is 11.8. The van der Waals surface area contributed by atoms with Gasteiger partial charge in [0.2, 0.25) is 5.91 Å². The van der Waals surface area contributed by atoms with Crippen LogP contribution in [-0.2, 0) is 4.79 Å². The Bertz CT molecular complexity index is 180. The summed E-state index contributed by atoms with van der Waals surface area (Å²) < 4.78 is 0. The number of hydrogen-bond acceptors (Lipinski definition) is 2. The summed E-state index contributed by atoms with van der Waals surface area (Å²) in [6.07, 6.45) is 0.772. The van der Waals surface area contributed by atoms with E-state index in [0.717, 1.165) is 6.42 Å². The van der Waals surface area contributed by atoms with Crippen molar-refractivity contribution in [3.8, 4) is 0 Å². The van der Waals surface area contributed by atoms with Gasteiger partial charge in [-0.05, 0) is 25.8 Å². The minimum atomic E-state index is 0.0474. The summed E-state index contributed by atoms with van der Waals surface area (Å²) in [4.78, 5) is 13.7. The lowest BCUT2D eigenvalue weighted by Crippen LogP contribution is -2.41. The zero-order chi connectivity index (χ0) is 11.3. The molecule has 2 atom stereocenters. The maximum Gasteiger partial charge on any atom is 0.225 e. The van der Waals surface area contributed by atoms with Gasteiger partial charge in [0.25, 0.3) is 0 Å². The van der Waals surface area contributed by atoms with Crippen molar-refractivity contribution in [3.05, 3.63) is 0 Å². The predicted octanol–water partition coefficient (Wildman–Crippen LogP) is 1.47. The number of nitrogens with zero attached hydrogens (tertiary/aromatic N) is 1. The molecule has 0 saturated heterocycles. The molecule has 3 nitrogen and oxygen atoms in total. The molecule has 0 aromatic heterocycles. The van der Waals surface area contributed by atoms with Crippen LogP contribution in [0.4, 0.5) is 0 Å². The maximum atomic E-state index is 11.8. The molecule has 0 rings (SSSR count). The van der Waals surface area contributed by atoms with Crippen molar-refractivity contribution in [1.82, 2.24) is 4.90 Å². The van der Waals surface area contributed by atoms with E-state index in [1.165, 1.54) is 0 Å². The van der Waals surface area contributed by atoms with E-state index in [-0.39, 0.29) is 11.8 Å². The van der Waals surface area contributed by atoms with Crippen LogP contribution in [0.2, 0.25) is 0 Å². The van der Waals surface area contributed by atoms with Crippen molar-refractivity contribution >= 4 is 5.91 Å². The molecule has 0 spiro atoms. The highest BCUT2D eigenvalue weighted by molar-refractivity contribution is 5.78. The minimum Gasteiger partial charge on any atom is -0.343 e. The molecular weight excluding hydrogens is 176 g/mol. The van der Waals surface area contributed by atoms with Gasteiger partial charge in [0.1, 0.15) is 0 Å². The van der Waals surface area contributed by atoms with E-state index in [4.69, 9.17) is 5.73 Å². The molecule has 84 valence electrons. The summed E-state index contributed by atoms with van der Waals surface area (Å²) >= 11 is 0. The number of amides is 1. The smallest absolute Gasteiger partial charge is 0.225 e. The number of carbonyl (C=O) groups excluding carboxylic acids is 1. The van der Waals surface area contributed by atoms with Gasteiger partial charge in [-0.25, -0.2) is 0 Å². The van der Waals surface area contributed by atoms with Gasteiger partial charge in [-0.3, -0.25) is 4.79 Å². The van der Waals surface area contributed by atoms with Crippen LogP contribution in [0.15, 0.2) is 0 Å². The van der Waals surface area contributed by atoms with E-state index in [1.54, 1.807) is 0 Å². The van der Waals surface area contributed by atoms with E-state index in [0.29, 0.717) is 18.5 Å². The van der Waals surface area contributed by atoms with Crippen molar-refractivity contribution in [2.45, 2.75) is 40.2 Å². The fourth-order valence-electron chi connectivity index (χ4n) is 1.37. The SMILES string of the molecule is CC(CCN)C(=O)N(C)C(C)C(C)C. The third-order valence-corrected chi connectivity index (χ3v) is 2.94. The average Bonchev–Trinajstić information content (AvgIpc) is 2.14. The van der Waals surface area contributed by atoms with Crippen molar-refractivity contribution in [2.24, 2.45) is 17.6 Å². The summed E-state index contributed by atoms with van der Waals surface area (Å²) in [5, 5.41) is 0. The molecule has 0 aliphatic carbocycles. The first-order valence-electron chi connectivity index (χ1n) is 5.38. The van der Waals surface area contributed by atoms with Crippen LogP contribution in [0.1, 0.15) is 34.1 Å². The van der Waals surface area contributed by atoms with Crippen molar-refractivity contribution in [1.29, 1.82) is 0 Å². The molecule has 0 aliphatic rings. The van der Waals surface area contributed by atoms with Gasteiger partial charge >= 0.3 is 0 Å². The van der Waals surface area contributed by atoms with Crippen LogP contribution in [0.3, 0.4) is 0 Å². The Labute approximate surface area is 87.6 Å². The lowest BCUT2D eigenvalue weighted by Gasteiger charge is -2.30. The van der Waals surface area contributed by atoms with Crippen LogP contribution in [0.5, 0.6) is 0 Å². The van der Waals surface area contributed by atoms with Gasteiger partial charge in [-0.15, -0.1) is 0 Å². The lowest BCUT2D eigenvalue weighted by atomic mass is 10.0. The predicted molar refractivity (Wildman–Crippen MR) is 59.9 cm³/mol.